The molecule has 0 unspecified atom stereocenters. The Hall–Kier alpha value is -1.14. The molecule has 6 heteroatoms. The molecule has 1 amide bonds. The van der Waals surface area contributed by atoms with E-state index in [1.54, 1.807) is 0 Å². The van der Waals surface area contributed by atoms with Gasteiger partial charge in [0.05, 0.1) is 18.8 Å². The van der Waals surface area contributed by atoms with E-state index in [0.29, 0.717) is 26.0 Å². The van der Waals surface area contributed by atoms with Crippen molar-refractivity contribution in [3.8, 4) is 0 Å². The molecule has 19 heavy (non-hydrogen) atoms. The topological polar surface area (TPSA) is 76.1 Å². The first-order chi connectivity index (χ1) is 9.02. The normalized spacial score (nSPS) is 22.4. The maximum Gasteiger partial charge on any atom is 0.323 e. The Morgan fingerprint density at radius 1 is 1.42 bits per heavy atom. The molecular weight excluding hydrogens is 250 g/mol. The average molecular weight is 273 g/mol. The fourth-order valence-corrected chi connectivity index (χ4v) is 2.20. The van der Waals surface area contributed by atoms with Crippen LogP contribution in [0.25, 0.3) is 0 Å². The van der Waals surface area contributed by atoms with E-state index in [-0.39, 0.29) is 24.7 Å². The number of methoxy groups -OCH3 is 1. The molecule has 110 valence electrons. The van der Waals surface area contributed by atoms with Crippen molar-refractivity contribution in [3.05, 3.63) is 0 Å². The molecule has 1 fully saturated rings. The second kappa shape index (κ2) is 8.12. The molecule has 0 aliphatic carbocycles. The van der Waals surface area contributed by atoms with Gasteiger partial charge in [-0.2, -0.15) is 0 Å². The van der Waals surface area contributed by atoms with E-state index in [9.17, 15) is 9.59 Å². The van der Waals surface area contributed by atoms with Gasteiger partial charge in [-0.1, -0.05) is 0 Å². The van der Waals surface area contributed by atoms with Crippen LogP contribution in [0.5, 0.6) is 0 Å². The number of carboxylic acid groups (broad SMARTS) is 1. The average Bonchev–Trinajstić information content (AvgIpc) is 2.77. The van der Waals surface area contributed by atoms with Gasteiger partial charge in [0.25, 0.3) is 0 Å². The lowest BCUT2D eigenvalue weighted by Gasteiger charge is -2.21. The highest BCUT2D eigenvalue weighted by Crippen LogP contribution is 2.22. The van der Waals surface area contributed by atoms with Crippen molar-refractivity contribution in [1.82, 2.24) is 4.90 Å². The molecule has 1 aliphatic heterocycles. The van der Waals surface area contributed by atoms with Crippen LogP contribution >= 0.6 is 0 Å². The van der Waals surface area contributed by atoms with Crippen LogP contribution in [0.3, 0.4) is 0 Å². The summed E-state index contributed by atoms with van der Waals surface area (Å²) < 4.78 is 10.5. The van der Waals surface area contributed by atoms with Crippen molar-refractivity contribution in [2.24, 2.45) is 0 Å². The zero-order chi connectivity index (χ0) is 14.3. The maximum atomic E-state index is 12.0. The first-order valence-corrected chi connectivity index (χ1v) is 6.67. The van der Waals surface area contributed by atoms with E-state index in [1.807, 2.05) is 6.92 Å². The van der Waals surface area contributed by atoms with Gasteiger partial charge in [0.15, 0.2) is 0 Å². The number of amides is 1. The van der Waals surface area contributed by atoms with E-state index in [0.717, 1.165) is 12.8 Å². The fourth-order valence-electron chi connectivity index (χ4n) is 2.20. The Morgan fingerprint density at radius 2 is 2.16 bits per heavy atom. The second-order valence-corrected chi connectivity index (χ2v) is 4.89. The van der Waals surface area contributed by atoms with Gasteiger partial charge in [0, 0.05) is 20.1 Å². The van der Waals surface area contributed by atoms with Gasteiger partial charge >= 0.3 is 5.97 Å². The second-order valence-electron chi connectivity index (χ2n) is 4.89. The van der Waals surface area contributed by atoms with Gasteiger partial charge in [0.2, 0.25) is 5.91 Å². The number of hydrogen-bond acceptors (Lipinski definition) is 4. The van der Waals surface area contributed by atoms with Gasteiger partial charge in [-0.3, -0.25) is 9.59 Å². The highest BCUT2D eigenvalue weighted by molar-refractivity contribution is 5.81. The molecule has 1 rings (SSSR count). The summed E-state index contributed by atoms with van der Waals surface area (Å²) in [5.41, 5.74) is 0. The Balaban J connectivity index is 2.35. The van der Waals surface area contributed by atoms with Crippen LogP contribution in [-0.2, 0) is 19.1 Å². The molecule has 0 bridgehead atoms. The largest absolute Gasteiger partial charge is 0.480 e. The summed E-state index contributed by atoms with van der Waals surface area (Å²) in [4.78, 5) is 24.0. The van der Waals surface area contributed by atoms with Crippen LogP contribution in [-0.4, -0.2) is 60.9 Å². The minimum Gasteiger partial charge on any atom is -0.480 e. The van der Waals surface area contributed by atoms with E-state index < -0.39 is 5.97 Å². The van der Waals surface area contributed by atoms with Crippen LogP contribution in [0.2, 0.25) is 0 Å². The molecule has 0 spiro atoms. The fraction of sp³-hybridized carbons (Fsp3) is 0.846. The molecule has 6 nitrogen and oxygen atoms in total. The van der Waals surface area contributed by atoms with E-state index >= 15 is 0 Å². The maximum absolute atomic E-state index is 12.0. The van der Waals surface area contributed by atoms with E-state index in [1.165, 1.54) is 12.0 Å². The number of carbonyl (C=O) groups excluding carboxylic acids is 1. The zero-order valence-electron chi connectivity index (χ0n) is 11.6. The summed E-state index contributed by atoms with van der Waals surface area (Å²) in [7, 11) is 1.52. The highest BCUT2D eigenvalue weighted by atomic mass is 16.5. The number of nitrogens with zero attached hydrogens (tertiary/aromatic N) is 1. The molecule has 1 N–H and O–H groups in total. The molecule has 1 aliphatic rings. The zero-order valence-corrected chi connectivity index (χ0v) is 11.6. The van der Waals surface area contributed by atoms with Crippen molar-refractivity contribution in [1.29, 1.82) is 0 Å². The predicted octanol–water partition coefficient (Wildman–Crippen LogP) is 0.894. The highest BCUT2D eigenvalue weighted by Gasteiger charge is 2.24. The molecule has 0 aromatic heterocycles. The third kappa shape index (κ3) is 6.02. The summed E-state index contributed by atoms with van der Waals surface area (Å²) in [6, 6.07) is 0. The number of hydrogen-bond donors (Lipinski definition) is 1. The Bertz CT molecular complexity index is 307. The monoisotopic (exact) mass is 273 g/mol. The van der Waals surface area contributed by atoms with E-state index in [2.05, 4.69) is 0 Å². The summed E-state index contributed by atoms with van der Waals surface area (Å²) in [6.07, 6.45) is 3.39. The summed E-state index contributed by atoms with van der Waals surface area (Å²) in [6.45, 7) is 2.40. The van der Waals surface area contributed by atoms with Crippen LogP contribution in [0.15, 0.2) is 0 Å². The van der Waals surface area contributed by atoms with Crippen LogP contribution < -0.4 is 0 Å². The Labute approximate surface area is 113 Å². The number of carbonyl (C=O) groups is 2. The van der Waals surface area contributed by atoms with E-state index in [4.69, 9.17) is 14.6 Å². The van der Waals surface area contributed by atoms with Crippen molar-refractivity contribution in [2.75, 3.05) is 26.8 Å². The standard InChI is InChI=1S/C13H23NO5/c1-10-3-4-11(19-10)5-6-12(15)14(7-8-18-2)9-13(16)17/h10-11H,3-9H2,1-2H3,(H,16,17)/t10-,11-/m1/s1. The number of carboxylic acids is 1. The Morgan fingerprint density at radius 3 is 2.68 bits per heavy atom. The quantitative estimate of drug-likeness (QED) is 0.711. The Kier molecular flexibility index (Phi) is 6.80. The van der Waals surface area contributed by atoms with Gasteiger partial charge in [-0.25, -0.2) is 0 Å². The summed E-state index contributed by atoms with van der Waals surface area (Å²) >= 11 is 0. The van der Waals surface area contributed by atoms with Crippen LogP contribution in [0.4, 0.5) is 0 Å². The smallest absolute Gasteiger partial charge is 0.323 e. The number of ether oxygens (including phenoxy) is 2. The van der Waals surface area contributed by atoms with Crippen LogP contribution in [0, 0.1) is 0 Å². The van der Waals surface area contributed by atoms with Gasteiger partial charge in [-0.05, 0) is 26.2 Å². The van der Waals surface area contributed by atoms with Gasteiger partial charge < -0.3 is 19.5 Å². The van der Waals surface area contributed by atoms with Gasteiger partial charge in [0.1, 0.15) is 6.54 Å². The number of aliphatic carboxylic acids is 1. The third-order valence-corrected chi connectivity index (χ3v) is 3.24. The van der Waals surface area contributed by atoms with Crippen LogP contribution in [0.1, 0.15) is 32.6 Å². The molecule has 2 atom stereocenters. The van der Waals surface area contributed by atoms with Crippen molar-refractivity contribution in [3.63, 3.8) is 0 Å². The van der Waals surface area contributed by atoms with Crippen molar-refractivity contribution < 1.29 is 24.2 Å². The van der Waals surface area contributed by atoms with Crippen molar-refractivity contribution in [2.45, 2.75) is 44.8 Å². The first-order valence-electron chi connectivity index (χ1n) is 6.67. The van der Waals surface area contributed by atoms with Crippen molar-refractivity contribution >= 4 is 11.9 Å². The molecule has 0 aromatic rings. The summed E-state index contributed by atoms with van der Waals surface area (Å²) in [5, 5.41) is 8.79. The lowest BCUT2D eigenvalue weighted by atomic mass is 10.1. The minimum atomic E-state index is -1.00. The summed E-state index contributed by atoms with van der Waals surface area (Å²) in [5.74, 6) is -1.15. The molecule has 0 radical (unpaired) electrons. The molecule has 1 heterocycles. The van der Waals surface area contributed by atoms with Gasteiger partial charge in [-0.15, -0.1) is 0 Å². The lowest BCUT2D eigenvalue weighted by molar-refractivity contribution is -0.145. The SMILES string of the molecule is COCCN(CC(=O)O)C(=O)CC[C@H]1CC[C@@H](C)O1. The third-order valence-electron chi connectivity index (χ3n) is 3.24. The predicted molar refractivity (Wildman–Crippen MR) is 68.9 cm³/mol. The molecular formula is C13H23NO5. The molecule has 1 saturated heterocycles. The first kappa shape index (κ1) is 15.9. The molecule has 0 saturated carbocycles. The molecule has 0 aromatic carbocycles. The lowest BCUT2D eigenvalue weighted by Crippen LogP contribution is -2.38. The minimum absolute atomic E-state index is 0.132. The number of rotatable bonds is 8.